The number of carbonyl (C=O) groups excluding carboxylic acids is 1. The monoisotopic (exact) mass is 663 g/mol. The highest BCUT2D eigenvalue weighted by molar-refractivity contribution is 7.80. The second-order valence-corrected chi connectivity index (χ2v) is 11.5. The standard InChI is InChI=1S/C34H36F3N7O2S/c1-4-23(2)30(42-31(45)16-28-18-39-22-44(28)19-25-11-9-24(17-38)10-12-25)21-43(20-26-7-5-6-8-29(26)34(35,36)37)33(47)41-27-13-14-40-32(15-27)46-3/h5-15,18,22-23,30H,4,16,19-21H2,1-3H3,(H,42,45)(H,40,41,47). The van der Waals surface area contributed by atoms with E-state index in [-0.39, 0.29) is 42.0 Å². The van der Waals surface area contributed by atoms with Gasteiger partial charge < -0.3 is 24.8 Å². The number of alkyl halides is 3. The van der Waals surface area contributed by atoms with Gasteiger partial charge >= 0.3 is 6.18 Å². The third kappa shape index (κ3) is 9.76. The molecule has 2 unspecified atom stereocenters. The van der Waals surface area contributed by atoms with E-state index in [0.717, 1.165) is 11.6 Å². The highest BCUT2D eigenvalue weighted by Gasteiger charge is 2.34. The molecule has 0 bridgehead atoms. The van der Waals surface area contributed by atoms with Gasteiger partial charge in [0, 0.05) is 55.5 Å². The van der Waals surface area contributed by atoms with Crippen LogP contribution in [0.25, 0.3) is 0 Å². The molecule has 2 heterocycles. The van der Waals surface area contributed by atoms with Crippen LogP contribution in [0.3, 0.4) is 0 Å². The van der Waals surface area contributed by atoms with Crippen molar-refractivity contribution >= 4 is 28.9 Å². The molecule has 0 aliphatic heterocycles. The third-order valence-corrected chi connectivity index (χ3v) is 8.20. The average Bonchev–Trinajstić information content (AvgIpc) is 3.49. The molecule has 13 heteroatoms. The summed E-state index contributed by atoms with van der Waals surface area (Å²) in [5.41, 5.74) is 2.05. The number of nitriles is 1. The number of methoxy groups -OCH3 is 1. The lowest BCUT2D eigenvalue weighted by atomic mass is 9.97. The molecular formula is C34H36F3N7O2S. The van der Waals surface area contributed by atoms with E-state index in [1.807, 2.05) is 30.5 Å². The number of benzene rings is 2. The molecule has 0 saturated heterocycles. The number of pyridine rings is 1. The number of imidazole rings is 1. The molecule has 0 fully saturated rings. The van der Waals surface area contributed by atoms with E-state index in [0.29, 0.717) is 35.8 Å². The molecule has 0 aliphatic carbocycles. The molecule has 0 spiro atoms. The lowest BCUT2D eigenvalue weighted by Gasteiger charge is -2.34. The fourth-order valence-corrected chi connectivity index (χ4v) is 5.25. The molecule has 2 aromatic carbocycles. The van der Waals surface area contributed by atoms with E-state index in [1.165, 1.54) is 25.4 Å². The number of anilines is 1. The normalized spacial score (nSPS) is 12.4. The number of nitrogens with zero attached hydrogens (tertiary/aromatic N) is 5. The zero-order valence-corrected chi connectivity index (χ0v) is 27.1. The van der Waals surface area contributed by atoms with Crippen LogP contribution in [0, 0.1) is 17.2 Å². The number of halogens is 3. The largest absolute Gasteiger partial charge is 0.481 e. The molecule has 1 amide bonds. The minimum absolute atomic E-state index is 0.0355. The van der Waals surface area contributed by atoms with E-state index in [9.17, 15) is 18.0 Å². The minimum atomic E-state index is -4.55. The summed E-state index contributed by atoms with van der Waals surface area (Å²) in [5, 5.41) is 15.5. The summed E-state index contributed by atoms with van der Waals surface area (Å²) in [5.74, 6) is 0.0480. The Kier molecular flexibility index (Phi) is 11.9. The molecule has 0 radical (unpaired) electrons. The molecule has 2 aromatic heterocycles. The first-order chi connectivity index (χ1) is 22.5. The van der Waals surface area contributed by atoms with E-state index in [1.54, 1.807) is 47.8 Å². The van der Waals surface area contributed by atoms with E-state index < -0.39 is 17.8 Å². The Morgan fingerprint density at radius 3 is 2.60 bits per heavy atom. The number of hydrogen-bond donors (Lipinski definition) is 2. The van der Waals surface area contributed by atoms with Gasteiger partial charge in [0.15, 0.2) is 5.11 Å². The molecular weight excluding hydrogens is 627 g/mol. The predicted octanol–water partition coefficient (Wildman–Crippen LogP) is 6.20. The van der Waals surface area contributed by atoms with Crippen molar-refractivity contribution in [2.45, 2.75) is 52.0 Å². The molecule has 2 N–H and O–H groups in total. The minimum Gasteiger partial charge on any atom is -0.481 e. The van der Waals surface area contributed by atoms with Crippen LogP contribution in [0.4, 0.5) is 18.9 Å². The number of aromatic nitrogens is 3. The fraction of sp³-hybridized carbons (Fsp3) is 0.324. The van der Waals surface area contributed by atoms with Crippen molar-refractivity contribution in [3.05, 3.63) is 107 Å². The van der Waals surface area contributed by atoms with Crippen LogP contribution in [-0.4, -0.2) is 50.2 Å². The van der Waals surface area contributed by atoms with Crippen LogP contribution < -0.4 is 15.4 Å². The van der Waals surface area contributed by atoms with Gasteiger partial charge in [-0.1, -0.05) is 50.6 Å². The Morgan fingerprint density at radius 2 is 1.91 bits per heavy atom. The van der Waals surface area contributed by atoms with Crippen LogP contribution in [0.15, 0.2) is 79.4 Å². The van der Waals surface area contributed by atoms with Crippen LogP contribution in [0.1, 0.15) is 48.2 Å². The van der Waals surface area contributed by atoms with Crippen LogP contribution in [-0.2, 0) is 30.5 Å². The van der Waals surface area contributed by atoms with Gasteiger partial charge in [0.2, 0.25) is 11.8 Å². The zero-order chi connectivity index (χ0) is 34.0. The first-order valence-corrected chi connectivity index (χ1v) is 15.4. The maximum Gasteiger partial charge on any atom is 0.416 e. The Morgan fingerprint density at radius 1 is 1.17 bits per heavy atom. The summed E-state index contributed by atoms with van der Waals surface area (Å²) >= 11 is 5.75. The van der Waals surface area contributed by atoms with Gasteiger partial charge in [0.25, 0.3) is 0 Å². The van der Waals surface area contributed by atoms with Crippen LogP contribution in [0.5, 0.6) is 5.88 Å². The summed E-state index contributed by atoms with van der Waals surface area (Å²) in [6.07, 6.45) is 0.993. The Balaban J connectivity index is 1.55. The second-order valence-electron chi connectivity index (χ2n) is 11.1. The van der Waals surface area contributed by atoms with Crippen molar-refractivity contribution in [1.29, 1.82) is 5.26 Å². The molecule has 4 rings (SSSR count). The molecule has 9 nitrogen and oxygen atoms in total. The molecule has 2 atom stereocenters. The lowest BCUT2D eigenvalue weighted by molar-refractivity contribution is -0.138. The number of rotatable bonds is 13. The van der Waals surface area contributed by atoms with Crippen LogP contribution in [0.2, 0.25) is 0 Å². The number of carbonyl (C=O) groups is 1. The quantitative estimate of drug-likeness (QED) is 0.163. The average molecular weight is 664 g/mol. The third-order valence-electron chi connectivity index (χ3n) is 7.84. The number of thiocarbonyl (C=S) groups is 1. The van der Waals surface area contributed by atoms with Gasteiger partial charge in [0.05, 0.1) is 37.1 Å². The van der Waals surface area contributed by atoms with E-state index in [4.69, 9.17) is 22.2 Å². The van der Waals surface area contributed by atoms with Gasteiger partial charge in [-0.15, -0.1) is 0 Å². The Bertz CT molecular complexity index is 1700. The van der Waals surface area contributed by atoms with Gasteiger partial charge in [-0.2, -0.15) is 18.4 Å². The van der Waals surface area contributed by atoms with Crippen molar-refractivity contribution in [3.8, 4) is 11.9 Å². The number of amides is 1. The number of nitrogens with one attached hydrogen (secondary N) is 2. The Labute approximate surface area is 277 Å². The maximum atomic E-state index is 14.0. The van der Waals surface area contributed by atoms with Crippen LogP contribution >= 0.6 is 12.2 Å². The summed E-state index contributed by atoms with van der Waals surface area (Å²) in [6, 6.07) is 17.5. The van der Waals surface area contributed by atoms with E-state index >= 15 is 0 Å². The fourth-order valence-electron chi connectivity index (χ4n) is 4.99. The number of ether oxygens (including phenoxy) is 1. The van der Waals surface area contributed by atoms with Gasteiger partial charge in [-0.05, 0) is 53.5 Å². The topological polar surface area (TPSA) is 108 Å². The van der Waals surface area contributed by atoms with Crippen molar-refractivity contribution < 1.29 is 22.7 Å². The zero-order valence-electron chi connectivity index (χ0n) is 26.3. The summed E-state index contributed by atoms with van der Waals surface area (Å²) in [6.45, 7) is 4.43. The van der Waals surface area contributed by atoms with Crippen molar-refractivity contribution in [2.75, 3.05) is 19.0 Å². The maximum absolute atomic E-state index is 14.0. The molecule has 4 aromatic rings. The Hall–Kier alpha value is -4.96. The highest BCUT2D eigenvalue weighted by atomic mass is 32.1. The van der Waals surface area contributed by atoms with Crippen molar-refractivity contribution in [3.63, 3.8) is 0 Å². The van der Waals surface area contributed by atoms with Gasteiger partial charge in [-0.3, -0.25) is 4.79 Å². The predicted molar refractivity (Wildman–Crippen MR) is 176 cm³/mol. The first-order valence-electron chi connectivity index (χ1n) is 15.0. The SMILES string of the molecule is CCC(C)C(CN(Cc1ccccc1C(F)(F)F)C(=S)Nc1ccnc(OC)c1)NC(=O)Cc1cncn1Cc1ccc(C#N)cc1. The smallest absolute Gasteiger partial charge is 0.416 e. The first kappa shape index (κ1) is 34.9. The van der Waals surface area contributed by atoms with E-state index in [2.05, 4.69) is 26.7 Å². The molecule has 246 valence electrons. The van der Waals surface area contributed by atoms with Crippen molar-refractivity contribution in [2.24, 2.45) is 5.92 Å². The van der Waals surface area contributed by atoms with Crippen molar-refractivity contribution in [1.82, 2.24) is 24.8 Å². The molecule has 0 saturated carbocycles. The highest BCUT2D eigenvalue weighted by Crippen LogP contribution is 2.32. The molecule has 47 heavy (non-hydrogen) atoms. The summed E-state index contributed by atoms with van der Waals surface area (Å²) < 4.78 is 49.0. The second kappa shape index (κ2) is 16.0. The lowest BCUT2D eigenvalue weighted by Crippen LogP contribution is -2.50. The van der Waals surface area contributed by atoms with Gasteiger partial charge in [-0.25, -0.2) is 9.97 Å². The summed E-state index contributed by atoms with van der Waals surface area (Å²) in [4.78, 5) is 23.4. The summed E-state index contributed by atoms with van der Waals surface area (Å²) in [7, 11) is 1.48. The van der Waals surface area contributed by atoms with Gasteiger partial charge in [0.1, 0.15) is 0 Å². The number of hydrogen-bond acceptors (Lipinski definition) is 6. The molecule has 0 aliphatic rings.